The van der Waals surface area contributed by atoms with Crippen molar-refractivity contribution in [2.75, 3.05) is 5.32 Å². The quantitative estimate of drug-likeness (QED) is 0.311. The maximum Gasteiger partial charge on any atom is 0.268 e. The van der Waals surface area contributed by atoms with Gasteiger partial charge in [0, 0.05) is 16.2 Å². The van der Waals surface area contributed by atoms with E-state index in [0.717, 1.165) is 31.6 Å². The van der Waals surface area contributed by atoms with Gasteiger partial charge in [0.15, 0.2) is 0 Å². The Morgan fingerprint density at radius 3 is 2.67 bits per heavy atom. The molecule has 0 aliphatic heterocycles. The summed E-state index contributed by atoms with van der Waals surface area (Å²) in [5.74, 6) is 0.247. The van der Waals surface area contributed by atoms with Gasteiger partial charge in [0.1, 0.15) is 10.7 Å². The molecule has 1 amide bonds. The van der Waals surface area contributed by atoms with Crippen LogP contribution >= 0.6 is 45.9 Å². The lowest BCUT2D eigenvalue weighted by atomic mass is 10.2. The first-order valence-corrected chi connectivity index (χ1v) is 11.4. The number of nitrogens with one attached hydrogen (secondary N) is 1. The summed E-state index contributed by atoms with van der Waals surface area (Å²) in [7, 11) is 0. The Morgan fingerprint density at radius 1 is 1.10 bits per heavy atom. The van der Waals surface area contributed by atoms with E-state index in [1.54, 1.807) is 10.7 Å². The molecule has 0 bridgehead atoms. The number of anilines is 1. The van der Waals surface area contributed by atoms with Crippen molar-refractivity contribution < 1.29 is 4.79 Å². The minimum Gasteiger partial charge on any atom is -0.306 e. The number of amides is 1. The summed E-state index contributed by atoms with van der Waals surface area (Å²) in [5, 5.41) is 10.1. The first-order valence-electron chi connectivity index (χ1n) is 9.03. The number of nitrogens with zero attached hydrogens (tertiary/aromatic N) is 3. The Balaban J connectivity index is 1.55. The maximum absolute atomic E-state index is 13.0. The Kier molecular flexibility index (Phi) is 4.78. The van der Waals surface area contributed by atoms with Gasteiger partial charge in [-0.1, -0.05) is 58.8 Å². The number of hydrogen-bond donors (Lipinski definition) is 1. The van der Waals surface area contributed by atoms with E-state index in [0.29, 0.717) is 25.9 Å². The number of rotatable bonds is 3. The molecular weight excluding hydrogens is 459 g/mol. The van der Waals surface area contributed by atoms with E-state index in [2.05, 4.69) is 10.4 Å². The zero-order valence-electron chi connectivity index (χ0n) is 15.9. The molecule has 150 valence electrons. The maximum atomic E-state index is 13.0. The van der Waals surface area contributed by atoms with Crippen LogP contribution in [0.5, 0.6) is 0 Å². The van der Waals surface area contributed by atoms with Gasteiger partial charge in [-0.2, -0.15) is 9.78 Å². The minimum atomic E-state index is -0.280. The van der Waals surface area contributed by atoms with Crippen LogP contribution < -0.4 is 5.32 Å². The van der Waals surface area contributed by atoms with E-state index >= 15 is 0 Å². The Bertz CT molecular complexity index is 1410. The lowest BCUT2D eigenvalue weighted by molar-refractivity contribution is 0.103. The predicted molar refractivity (Wildman–Crippen MR) is 126 cm³/mol. The SMILES string of the molecule is Cc1cc(NC(=O)c2sc3ccccc3c2Cl)n(-c2nc3c(C)ccc(Cl)c3s2)n1. The van der Waals surface area contributed by atoms with Gasteiger partial charge in [0.2, 0.25) is 5.13 Å². The van der Waals surface area contributed by atoms with Crippen molar-refractivity contribution in [3.63, 3.8) is 0 Å². The number of aryl methyl sites for hydroxylation is 2. The third kappa shape index (κ3) is 3.18. The van der Waals surface area contributed by atoms with Crippen molar-refractivity contribution in [3.05, 3.63) is 68.6 Å². The number of carbonyl (C=O) groups excluding carboxylic acids is 1. The zero-order valence-corrected chi connectivity index (χ0v) is 19.0. The van der Waals surface area contributed by atoms with Gasteiger partial charge < -0.3 is 5.32 Å². The molecule has 0 spiro atoms. The van der Waals surface area contributed by atoms with Gasteiger partial charge >= 0.3 is 0 Å². The molecule has 5 rings (SSSR count). The smallest absolute Gasteiger partial charge is 0.268 e. The highest BCUT2D eigenvalue weighted by Gasteiger charge is 2.21. The average molecular weight is 473 g/mol. The summed E-state index contributed by atoms with van der Waals surface area (Å²) < 4.78 is 3.49. The van der Waals surface area contributed by atoms with Crippen LogP contribution in [0, 0.1) is 13.8 Å². The molecule has 0 radical (unpaired) electrons. The van der Waals surface area contributed by atoms with Crippen molar-refractivity contribution >= 4 is 77.9 Å². The summed E-state index contributed by atoms with van der Waals surface area (Å²) in [6, 6.07) is 13.3. The summed E-state index contributed by atoms with van der Waals surface area (Å²) in [4.78, 5) is 18.2. The molecule has 1 N–H and O–H groups in total. The lowest BCUT2D eigenvalue weighted by Crippen LogP contribution is -2.14. The number of halogens is 2. The highest BCUT2D eigenvalue weighted by Crippen LogP contribution is 2.37. The number of thiophene rings is 1. The molecule has 0 unspecified atom stereocenters. The normalized spacial score (nSPS) is 11.5. The van der Waals surface area contributed by atoms with Crippen LogP contribution in [0.2, 0.25) is 10.0 Å². The van der Waals surface area contributed by atoms with E-state index in [9.17, 15) is 4.79 Å². The molecule has 30 heavy (non-hydrogen) atoms. The minimum absolute atomic E-state index is 0.280. The second-order valence-electron chi connectivity index (χ2n) is 6.82. The zero-order chi connectivity index (χ0) is 21.0. The fraction of sp³-hybridized carbons (Fsp3) is 0.0952. The lowest BCUT2D eigenvalue weighted by Gasteiger charge is -2.05. The molecule has 0 fully saturated rings. The van der Waals surface area contributed by atoms with Gasteiger partial charge in [0.25, 0.3) is 5.91 Å². The predicted octanol–water partition coefficient (Wildman–Crippen LogP) is 6.87. The molecule has 9 heteroatoms. The number of fused-ring (bicyclic) bond motifs is 2. The van der Waals surface area contributed by atoms with Crippen molar-refractivity contribution in [2.45, 2.75) is 13.8 Å². The molecule has 3 heterocycles. The molecule has 0 saturated carbocycles. The summed E-state index contributed by atoms with van der Waals surface area (Å²) >= 11 is 15.6. The molecule has 2 aromatic carbocycles. The Labute approximate surface area is 189 Å². The van der Waals surface area contributed by atoms with Gasteiger partial charge in [-0.3, -0.25) is 4.79 Å². The number of hydrogen-bond acceptors (Lipinski definition) is 5. The van der Waals surface area contributed by atoms with Crippen LogP contribution in [-0.4, -0.2) is 20.7 Å². The number of aromatic nitrogens is 3. The summed E-state index contributed by atoms with van der Waals surface area (Å²) in [6.07, 6.45) is 0. The average Bonchev–Trinajstić information content (AvgIpc) is 3.41. The molecule has 0 aliphatic carbocycles. The second-order valence-corrected chi connectivity index (χ2v) is 9.63. The van der Waals surface area contributed by atoms with E-state index in [-0.39, 0.29) is 5.91 Å². The molecule has 5 nitrogen and oxygen atoms in total. The van der Waals surface area contributed by atoms with Crippen molar-refractivity contribution in [2.24, 2.45) is 0 Å². The second kappa shape index (κ2) is 7.35. The first-order chi connectivity index (χ1) is 14.4. The van der Waals surface area contributed by atoms with Crippen LogP contribution in [0.15, 0.2) is 42.5 Å². The topological polar surface area (TPSA) is 59.8 Å². The van der Waals surface area contributed by atoms with E-state index in [1.807, 2.05) is 50.2 Å². The molecule has 0 saturated heterocycles. The fourth-order valence-corrected chi connectivity index (χ4v) is 5.94. The van der Waals surface area contributed by atoms with Crippen molar-refractivity contribution in [3.8, 4) is 5.13 Å². The molecule has 0 aliphatic rings. The van der Waals surface area contributed by atoms with Gasteiger partial charge in [-0.05, 0) is 31.5 Å². The van der Waals surface area contributed by atoms with Gasteiger partial charge in [-0.25, -0.2) is 4.98 Å². The van der Waals surface area contributed by atoms with Crippen LogP contribution in [0.4, 0.5) is 5.82 Å². The fourth-order valence-electron chi connectivity index (χ4n) is 3.25. The number of thiazole rings is 1. The van der Waals surface area contributed by atoms with Gasteiger partial charge in [0.05, 0.1) is 26.0 Å². The van der Waals surface area contributed by atoms with E-state index in [1.165, 1.54) is 22.7 Å². The van der Waals surface area contributed by atoms with Crippen LogP contribution in [-0.2, 0) is 0 Å². The van der Waals surface area contributed by atoms with E-state index < -0.39 is 0 Å². The molecule has 5 aromatic rings. The summed E-state index contributed by atoms with van der Waals surface area (Å²) in [5.41, 5.74) is 2.62. The van der Waals surface area contributed by atoms with Crippen LogP contribution in [0.3, 0.4) is 0 Å². The molecule has 3 aromatic heterocycles. The Hall–Kier alpha value is -2.45. The highest BCUT2D eigenvalue weighted by molar-refractivity contribution is 7.22. The molecular formula is C21H14Cl2N4OS2. The van der Waals surface area contributed by atoms with E-state index in [4.69, 9.17) is 28.2 Å². The third-order valence-corrected chi connectivity index (χ3v) is 7.85. The Morgan fingerprint density at radius 2 is 1.90 bits per heavy atom. The summed E-state index contributed by atoms with van der Waals surface area (Å²) in [6.45, 7) is 3.85. The van der Waals surface area contributed by atoms with Crippen LogP contribution in [0.1, 0.15) is 20.9 Å². The number of benzene rings is 2. The largest absolute Gasteiger partial charge is 0.306 e. The van der Waals surface area contributed by atoms with Crippen molar-refractivity contribution in [1.82, 2.24) is 14.8 Å². The van der Waals surface area contributed by atoms with Crippen molar-refractivity contribution in [1.29, 1.82) is 0 Å². The highest BCUT2D eigenvalue weighted by atomic mass is 35.5. The van der Waals surface area contributed by atoms with Crippen LogP contribution in [0.25, 0.3) is 25.4 Å². The monoisotopic (exact) mass is 472 g/mol. The first kappa shape index (κ1) is 19.5. The third-order valence-electron chi connectivity index (χ3n) is 4.68. The molecule has 0 atom stereocenters. The number of carbonyl (C=O) groups is 1. The standard InChI is InChI=1S/C21H14Cl2N4OS2/c1-10-7-8-13(22)18-17(10)25-21(30-18)27-15(9-11(2)26-27)24-20(28)19-16(23)12-5-3-4-6-14(12)29-19/h3-9H,1-2H3,(H,24,28). The van der Waals surface area contributed by atoms with Gasteiger partial charge in [-0.15, -0.1) is 11.3 Å².